The van der Waals surface area contributed by atoms with Crippen molar-refractivity contribution in [2.75, 3.05) is 13.2 Å². The first-order valence-corrected chi connectivity index (χ1v) is 8.63. The van der Waals surface area contributed by atoms with Gasteiger partial charge < -0.3 is 9.30 Å². The van der Waals surface area contributed by atoms with Crippen molar-refractivity contribution in [2.45, 2.75) is 38.1 Å². The molecule has 1 aliphatic carbocycles. The van der Waals surface area contributed by atoms with Gasteiger partial charge in [-0.1, -0.05) is 0 Å². The lowest BCUT2D eigenvalue weighted by Crippen LogP contribution is -2.50. The maximum atomic E-state index is 6.14. The summed E-state index contributed by atoms with van der Waals surface area (Å²) in [5, 5.41) is 3.29. The summed E-state index contributed by atoms with van der Waals surface area (Å²) in [5.41, 5.74) is 0. The molecule has 2 aromatic rings. The van der Waals surface area contributed by atoms with E-state index in [-0.39, 0.29) is 0 Å². The Kier molecular flexibility index (Phi) is 3.80. The summed E-state index contributed by atoms with van der Waals surface area (Å²) in [6.07, 6.45) is 9.12. The van der Waals surface area contributed by atoms with Crippen LogP contribution < -0.4 is 0 Å². The van der Waals surface area contributed by atoms with Crippen LogP contribution in [-0.2, 0) is 17.8 Å². The van der Waals surface area contributed by atoms with E-state index in [4.69, 9.17) is 4.74 Å². The molecule has 3 heterocycles. The first kappa shape index (κ1) is 13.5. The zero-order valence-corrected chi connectivity index (χ0v) is 12.9. The Balaban J connectivity index is 1.44. The summed E-state index contributed by atoms with van der Waals surface area (Å²) in [6, 6.07) is 4.77. The number of fused-ring (bicyclic) bond motifs is 1. The van der Waals surface area contributed by atoms with Crippen molar-refractivity contribution in [1.29, 1.82) is 0 Å². The zero-order valence-electron chi connectivity index (χ0n) is 12.1. The van der Waals surface area contributed by atoms with Crippen LogP contribution in [0.25, 0.3) is 0 Å². The van der Waals surface area contributed by atoms with E-state index < -0.39 is 0 Å². The van der Waals surface area contributed by atoms with Crippen LogP contribution in [0.4, 0.5) is 0 Å². The molecular weight excluding hydrogens is 282 g/mol. The average molecular weight is 303 g/mol. The van der Waals surface area contributed by atoms with Crippen LogP contribution in [-0.4, -0.2) is 39.7 Å². The minimum atomic E-state index is 0.390. The highest BCUT2D eigenvalue weighted by Gasteiger charge is 2.42. The van der Waals surface area contributed by atoms with E-state index in [9.17, 15) is 0 Å². The molecule has 2 aromatic heterocycles. The molecular formula is C16H21N3OS. The molecule has 0 bridgehead atoms. The number of thiazole rings is 1. The molecule has 21 heavy (non-hydrogen) atoms. The molecule has 5 heteroatoms. The molecule has 0 radical (unpaired) electrons. The molecule has 0 spiro atoms. The number of nitrogens with zero attached hydrogens (tertiary/aromatic N) is 3. The number of hydrogen-bond acceptors (Lipinski definition) is 4. The molecule has 2 aliphatic rings. The topological polar surface area (TPSA) is 30.3 Å². The summed E-state index contributed by atoms with van der Waals surface area (Å²) >= 11 is 1.76. The Morgan fingerprint density at radius 3 is 3.00 bits per heavy atom. The Bertz CT molecular complexity index is 554. The fourth-order valence-corrected chi connectivity index (χ4v) is 4.44. The Hall–Kier alpha value is -1.17. The molecule has 3 atom stereocenters. The molecule has 4 rings (SSSR count). The minimum absolute atomic E-state index is 0.390. The summed E-state index contributed by atoms with van der Waals surface area (Å²) in [7, 11) is 0. The van der Waals surface area contributed by atoms with E-state index in [1.165, 1.54) is 17.8 Å². The SMILES string of the molecule is c1ccn(C[C@@H]2CC[C@@H]3[C@@H]2OCCN3Cc2nccs2)c1. The number of hydrogen-bond donors (Lipinski definition) is 0. The highest BCUT2D eigenvalue weighted by atomic mass is 32.1. The molecule has 4 nitrogen and oxygen atoms in total. The Morgan fingerprint density at radius 1 is 1.29 bits per heavy atom. The van der Waals surface area contributed by atoms with Crippen LogP contribution in [0, 0.1) is 5.92 Å². The largest absolute Gasteiger partial charge is 0.375 e. The van der Waals surface area contributed by atoms with Gasteiger partial charge in [0.1, 0.15) is 5.01 Å². The summed E-state index contributed by atoms with van der Waals surface area (Å²) < 4.78 is 8.43. The van der Waals surface area contributed by atoms with Gasteiger partial charge in [-0.15, -0.1) is 11.3 Å². The van der Waals surface area contributed by atoms with E-state index in [1.807, 2.05) is 6.20 Å². The maximum Gasteiger partial charge on any atom is 0.107 e. The van der Waals surface area contributed by atoms with E-state index in [1.54, 1.807) is 11.3 Å². The maximum absolute atomic E-state index is 6.14. The summed E-state index contributed by atoms with van der Waals surface area (Å²) in [5.74, 6) is 0.640. The standard InChI is InChI=1S/C16H21N3OS/c1-2-7-18(6-1)11-13-3-4-14-16(13)20-9-8-19(14)12-15-17-5-10-21-15/h1-2,5-7,10,13-14,16H,3-4,8-9,11-12H2/t13-,14+,16+/m0/s1. The van der Waals surface area contributed by atoms with Crippen LogP contribution in [0.1, 0.15) is 17.8 Å². The molecule has 2 fully saturated rings. The lowest BCUT2D eigenvalue weighted by molar-refractivity contribution is -0.0785. The van der Waals surface area contributed by atoms with Crippen LogP contribution in [0.2, 0.25) is 0 Å². The number of morpholine rings is 1. The van der Waals surface area contributed by atoms with Crippen LogP contribution in [0.15, 0.2) is 36.1 Å². The molecule has 1 aliphatic heterocycles. The van der Waals surface area contributed by atoms with Gasteiger partial charge in [0, 0.05) is 49.0 Å². The van der Waals surface area contributed by atoms with Gasteiger partial charge >= 0.3 is 0 Å². The van der Waals surface area contributed by atoms with Gasteiger partial charge in [-0.25, -0.2) is 4.98 Å². The summed E-state index contributed by atoms with van der Waals surface area (Å²) in [4.78, 5) is 7.02. The van der Waals surface area contributed by atoms with Gasteiger partial charge in [-0.3, -0.25) is 4.90 Å². The van der Waals surface area contributed by atoms with Gasteiger partial charge in [0.2, 0.25) is 0 Å². The van der Waals surface area contributed by atoms with Crippen molar-refractivity contribution in [3.8, 4) is 0 Å². The third-order valence-corrected chi connectivity index (χ3v) is 5.53. The zero-order chi connectivity index (χ0) is 14.1. The van der Waals surface area contributed by atoms with Gasteiger partial charge in [-0.05, 0) is 25.0 Å². The van der Waals surface area contributed by atoms with Crippen molar-refractivity contribution in [1.82, 2.24) is 14.5 Å². The van der Waals surface area contributed by atoms with Crippen molar-refractivity contribution in [3.63, 3.8) is 0 Å². The molecule has 0 unspecified atom stereocenters. The highest BCUT2D eigenvalue weighted by Crippen LogP contribution is 2.36. The second kappa shape index (κ2) is 5.91. The van der Waals surface area contributed by atoms with Crippen molar-refractivity contribution >= 4 is 11.3 Å². The Labute approximate surface area is 129 Å². The van der Waals surface area contributed by atoms with Crippen LogP contribution in [0.3, 0.4) is 0 Å². The summed E-state index contributed by atoms with van der Waals surface area (Å²) in [6.45, 7) is 3.96. The second-order valence-corrected chi connectivity index (χ2v) is 7.00. The molecule has 0 aromatic carbocycles. The van der Waals surface area contributed by atoms with E-state index >= 15 is 0 Å². The highest BCUT2D eigenvalue weighted by molar-refractivity contribution is 7.09. The fraction of sp³-hybridized carbons (Fsp3) is 0.562. The van der Waals surface area contributed by atoms with Gasteiger partial charge in [0.05, 0.1) is 19.3 Å². The number of rotatable bonds is 4. The van der Waals surface area contributed by atoms with E-state index in [2.05, 4.69) is 44.4 Å². The Morgan fingerprint density at radius 2 is 2.19 bits per heavy atom. The lowest BCUT2D eigenvalue weighted by atomic mass is 10.0. The third kappa shape index (κ3) is 2.78. The smallest absolute Gasteiger partial charge is 0.107 e. The predicted octanol–water partition coefficient (Wildman–Crippen LogP) is 2.62. The van der Waals surface area contributed by atoms with E-state index in [0.717, 1.165) is 26.2 Å². The van der Waals surface area contributed by atoms with Crippen molar-refractivity contribution in [3.05, 3.63) is 41.1 Å². The third-order valence-electron chi connectivity index (χ3n) is 4.77. The van der Waals surface area contributed by atoms with Gasteiger partial charge in [-0.2, -0.15) is 0 Å². The monoisotopic (exact) mass is 303 g/mol. The predicted molar refractivity (Wildman–Crippen MR) is 83.2 cm³/mol. The van der Waals surface area contributed by atoms with Gasteiger partial charge in [0.25, 0.3) is 0 Å². The first-order valence-electron chi connectivity index (χ1n) is 7.75. The second-order valence-electron chi connectivity index (χ2n) is 6.02. The quantitative estimate of drug-likeness (QED) is 0.870. The number of ether oxygens (including phenoxy) is 1. The number of aromatic nitrogens is 2. The van der Waals surface area contributed by atoms with Crippen LogP contribution >= 0.6 is 11.3 Å². The normalized spacial score (nSPS) is 29.6. The van der Waals surface area contributed by atoms with Crippen molar-refractivity contribution in [2.24, 2.45) is 5.92 Å². The first-order chi connectivity index (χ1) is 10.4. The fourth-order valence-electron chi connectivity index (χ4n) is 3.80. The molecule has 1 saturated carbocycles. The van der Waals surface area contributed by atoms with Crippen molar-refractivity contribution < 1.29 is 4.74 Å². The van der Waals surface area contributed by atoms with E-state index in [0.29, 0.717) is 18.1 Å². The molecule has 0 amide bonds. The minimum Gasteiger partial charge on any atom is -0.375 e. The molecule has 112 valence electrons. The van der Waals surface area contributed by atoms with Gasteiger partial charge in [0.15, 0.2) is 0 Å². The molecule has 0 N–H and O–H groups in total. The average Bonchev–Trinajstić information content (AvgIpc) is 3.22. The molecule has 1 saturated heterocycles. The lowest BCUT2D eigenvalue weighted by Gasteiger charge is -2.39. The van der Waals surface area contributed by atoms with Crippen LogP contribution in [0.5, 0.6) is 0 Å².